The summed E-state index contributed by atoms with van der Waals surface area (Å²) in [5.41, 5.74) is 7.29. The number of hydrogen-bond donors (Lipinski definition) is 0. The van der Waals surface area contributed by atoms with Gasteiger partial charge in [-0.25, -0.2) is 4.57 Å². The molecule has 2 aromatic carbocycles. The van der Waals surface area contributed by atoms with Crippen molar-refractivity contribution in [2.75, 3.05) is 7.05 Å². The number of hydrogen-bond acceptors (Lipinski definition) is 1. The predicted molar refractivity (Wildman–Crippen MR) is 140 cm³/mol. The second kappa shape index (κ2) is 9.25. The largest absolute Gasteiger partial charge is 0.351 e. The van der Waals surface area contributed by atoms with Crippen molar-refractivity contribution in [1.29, 1.82) is 0 Å². The van der Waals surface area contributed by atoms with Gasteiger partial charge in [-0.3, -0.25) is 0 Å². The minimum Gasteiger partial charge on any atom is -0.351 e. The average molecular weight is 452 g/mol. The summed E-state index contributed by atoms with van der Waals surface area (Å²) in [6.07, 6.45) is 18.3. The molecule has 164 valence electrons. The summed E-state index contributed by atoms with van der Waals surface area (Å²) in [6.45, 7) is 0. The van der Waals surface area contributed by atoms with Gasteiger partial charge in [0.05, 0.1) is 5.39 Å². The molecule has 33 heavy (non-hydrogen) atoms. The Kier molecular flexibility index (Phi) is 6.02. The minimum absolute atomic E-state index is 0.888. The molecule has 0 bridgehead atoms. The van der Waals surface area contributed by atoms with E-state index in [9.17, 15) is 0 Å². The number of benzene rings is 2. The van der Waals surface area contributed by atoms with Gasteiger partial charge in [0.2, 0.25) is 5.69 Å². The summed E-state index contributed by atoms with van der Waals surface area (Å²) in [7, 11) is 4.18. The van der Waals surface area contributed by atoms with Crippen LogP contribution in [0.5, 0.6) is 0 Å². The van der Waals surface area contributed by atoms with Gasteiger partial charge < -0.3 is 4.90 Å². The molecule has 0 fully saturated rings. The van der Waals surface area contributed by atoms with Gasteiger partial charge in [0.15, 0.2) is 6.20 Å². The molecule has 2 heterocycles. The third-order valence-corrected chi connectivity index (χ3v) is 7.02. The summed E-state index contributed by atoms with van der Waals surface area (Å²) in [6, 6.07) is 19.2. The topological polar surface area (TPSA) is 7.12 Å². The van der Waals surface area contributed by atoms with Crippen molar-refractivity contribution in [1.82, 2.24) is 4.90 Å². The number of aromatic nitrogens is 1. The highest BCUT2D eigenvalue weighted by molar-refractivity contribution is 6.32. The van der Waals surface area contributed by atoms with Crippen molar-refractivity contribution in [2.24, 2.45) is 7.05 Å². The van der Waals surface area contributed by atoms with Crippen LogP contribution in [0.25, 0.3) is 28.6 Å². The van der Waals surface area contributed by atoms with E-state index >= 15 is 0 Å². The molecule has 1 aromatic heterocycles. The van der Waals surface area contributed by atoms with E-state index < -0.39 is 0 Å². The highest BCUT2D eigenvalue weighted by Gasteiger charge is 2.17. The fourth-order valence-electron chi connectivity index (χ4n) is 4.66. The number of halogens is 1. The number of fused-ring (bicyclic) bond motifs is 2. The molecule has 2 nitrogen and oxygen atoms in total. The van der Waals surface area contributed by atoms with E-state index in [1.54, 1.807) is 0 Å². The van der Waals surface area contributed by atoms with E-state index in [1.165, 1.54) is 44.4 Å². The summed E-state index contributed by atoms with van der Waals surface area (Å²) >= 11 is 6.92. The van der Waals surface area contributed by atoms with Crippen molar-refractivity contribution < 1.29 is 4.57 Å². The standard InChI is InChI=1S/C30H28ClN2/c1-32-20-18-22-8-3-5-12-26(22)28(32)16-14-24-10-7-11-25(30(24)31)15-17-29-27-13-6-4-9-23(27)19-21-33(29)2/h3-6,8-9,12-21H,7,10-11H2,1-2H3/q+1. The Hall–Kier alpha value is -3.36. The van der Waals surface area contributed by atoms with E-state index in [0.29, 0.717) is 0 Å². The van der Waals surface area contributed by atoms with Crippen molar-refractivity contribution >= 4 is 40.2 Å². The molecule has 3 heteroatoms. The molecule has 5 rings (SSSR count). The Morgan fingerprint density at radius 3 is 2.67 bits per heavy atom. The smallest absolute Gasteiger partial charge is 0.212 e. The van der Waals surface area contributed by atoms with Crippen LogP contribution in [0.2, 0.25) is 0 Å². The molecule has 1 aliphatic heterocycles. The number of allylic oxidation sites excluding steroid dienone is 6. The summed E-state index contributed by atoms with van der Waals surface area (Å²) in [5, 5.41) is 3.38. The maximum absolute atomic E-state index is 6.92. The van der Waals surface area contributed by atoms with Crippen LogP contribution in [0.3, 0.4) is 0 Å². The molecule has 0 saturated carbocycles. The maximum Gasteiger partial charge on any atom is 0.212 e. The monoisotopic (exact) mass is 451 g/mol. The first-order valence-electron chi connectivity index (χ1n) is 11.5. The van der Waals surface area contributed by atoms with Gasteiger partial charge in [0.25, 0.3) is 0 Å². The molecule has 1 aliphatic carbocycles. The van der Waals surface area contributed by atoms with Crippen LogP contribution in [-0.4, -0.2) is 11.9 Å². The molecular weight excluding hydrogens is 424 g/mol. The van der Waals surface area contributed by atoms with Gasteiger partial charge in [0, 0.05) is 41.7 Å². The maximum atomic E-state index is 6.92. The lowest BCUT2D eigenvalue weighted by Gasteiger charge is -2.24. The fraction of sp³-hybridized carbons (Fsp3) is 0.167. The molecule has 0 saturated heterocycles. The number of aryl methyl sites for hydroxylation is 1. The SMILES string of the molecule is CN1C=Cc2ccccc2/C1=C\C=C1/CCCC(/C=C/c2c3ccccc3cc[n+]2C)=C1Cl. The van der Waals surface area contributed by atoms with Crippen molar-refractivity contribution in [3.05, 3.63) is 118 Å². The van der Waals surface area contributed by atoms with Crippen LogP contribution in [0.4, 0.5) is 0 Å². The van der Waals surface area contributed by atoms with Gasteiger partial charge in [-0.1, -0.05) is 66.2 Å². The van der Waals surface area contributed by atoms with Gasteiger partial charge in [-0.05, 0) is 59.6 Å². The summed E-state index contributed by atoms with van der Waals surface area (Å²) in [5.74, 6) is 0. The van der Waals surface area contributed by atoms with Crippen LogP contribution in [0, 0.1) is 0 Å². The van der Waals surface area contributed by atoms with E-state index in [4.69, 9.17) is 11.6 Å². The molecule has 0 amide bonds. The van der Waals surface area contributed by atoms with Gasteiger partial charge in [0.1, 0.15) is 7.05 Å². The lowest BCUT2D eigenvalue weighted by molar-refractivity contribution is -0.671. The highest BCUT2D eigenvalue weighted by Crippen LogP contribution is 2.35. The minimum atomic E-state index is 0.888. The van der Waals surface area contributed by atoms with Gasteiger partial charge in [-0.2, -0.15) is 0 Å². The van der Waals surface area contributed by atoms with Crippen LogP contribution in [0.1, 0.15) is 36.1 Å². The fourth-order valence-corrected chi connectivity index (χ4v) is 4.97. The van der Waals surface area contributed by atoms with Gasteiger partial charge in [-0.15, -0.1) is 0 Å². The molecular formula is C30H28ClN2+. The molecule has 0 radical (unpaired) electrons. The first kappa shape index (κ1) is 21.5. The van der Waals surface area contributed by atoms with E-state index in [-0.39, 0.29) is 0 Å². The first-order chi connectivity index (χ1) is 16.1. The zero-order valence-electron chi connectivity index (χ0n) is 19.1. The van der Waals surface area contributed by atoms with Crippen LogP contribution in [-0.2, 0) is 7.05 Å². The Balaban J connectivity index is 1.48. The molecule has 0 unspecified atom stereocenters. The zero-order valence-corrected chi connectivity index (χ0v) is 19.9. The van der Waals surface area contributed by atoms with Crippen molar-refractivity contribution in [3.8, 4) is 0 Å². The van der Waals surface area contributed by atoms with E-state index in [0.717, 1.165) is 24.3 Å². The average Bonchev–Trinajstić information content (AvgIpc) is 2.84. The second-order valence-electron chi connectivity index (χ2n) is 8.68. The third kappa shape index (κ3) is 4.31. The van der Waals surface area contributed by atoms with E-state index in [1.807, 2.05) is 0 Å². The van der Waals surface area contributed by atoms with Gasteiger partial charge >= 0.3 is 0 Å². The first-order valence-corrected chi connectivity index (χ1v) is 11.9. The van der Waals surface area contributed by atoms with E-state index in [2.05, 4.69) is 121 Å². The Bertz CT molecular complexity index is 1370. The quantitative estimate of drug-likeness (QED) is 0.381. The number of rotatable bonds is 3. The predicted octanol–water partition coefficient (Wildman–Crippen LogP) is 7.24. The molecule has 3 aromatic rings. The lowest BCUT2D eigenvalue weighted by atomic mass is 9.93. The highest BCUT2D eigenvalue weighted by atomic mass is 35.5. The third-order valence-electron chi connectivity index (χ3n) is 6.53. The summed E-state index contributed by atoms with van der Waals surface area (Å²) < 4.78 is 2.17. The Labute approximate surface area is 201 Å². The summed E-state index contributed by atoms with van der Waals surface area (Å²) in [4.78, 5) is 2.17. The number of nitrogens with zero attached hydrogens (tertiary/aromatic N) is 2. The molecule has 2 aliphatic rings. The lowest BCUT2D eigenvalue weighted by Crippen LogP contribution is -2.31. The Morgan fingerprint density at radius 1 is 0.939 bits per heavy atom. The normalized spacial score (nSPS) is 18.7. The van der Waals surface area contributed by atoms with Crippen molar-refractivity contribution in [3.63, 3.8) is 0 Å². The van der Waals surface area contributed by atoms with Crippen LogP contribution >= 0.6 is 11.6 Å². The Morgan fingerprint density at radius 2 is 1.76 bits per heavy atom. The zero-order chi connectivity index (χ0) is 22.8. The van der Waals surface area contributed by atoms with Crippen LogP contribution in [0.15, 0.2) is 101 Å². The molecule has 0 N–H and O–H groups in total. The molecule has 0 atom stereocenters. The second-order valence-corrected chi connectivity index (χ2v) is 9.06. The van der Waals surface area contributed by atoms with Crippen molar-refractivity contribution in [2.45, 2.75) is 19.3 Å². The van der Waals surface area contributed by atoms with Crippen LogP contribution < -0.4 is 4.57 Å². The number of pyridine rings is 1. The molecule has 0 spiro atoms.